The molecule has 0 unspecified atom stereocenters. The fourth-order valence-electron chi connectivity index (χ4n) is 1.60. The highest BCUT2D eigenvalue weighted by Crippen LogP contribution is 2.24. The summed E-state index contributed by atoms with van der Waals surface area (Å²) in [6.07, 6.45) is 0.196. The van der Waals surface area contributed by atoms with Crippen LogP contribution in [0.5, 0.6) is 0 Å². The molecule has 0 aliphatic carbocycles. The topological polar surface area (TPSA) is 87.2 Å². The van der Waals surface area contributed by atoms with Gasteiger partial charge in [0.1, 0.15) is 5.56 Å². The van der Waals surface area contributed by atoms with Crippen LogP contribution in [0.3, 0.4) is 0 Å². The second-order valence-corrected chi connectivity index (χ2v) is 3.86. The average molecular weight is 247 g/mol. The number of hydrogen-bond acceptors (Lipinski definition) is 4. The molecule has 0 saturated carbocycles. The van der Waals surface area contributed by atoms with E-state index >= 15 is 0 Å². The van der Waals surface area contributed by atoms with E-state index in [0.717, 1.165) is 0 Å². The summed E-state index contributed by atoms with van der Waals surface area (Å²) in [5.74, 6) is -0.444. The number of aryl methyl sites for hydroxylation is 1. The van der Waals surface area contributed by atoms with Crippen molar-refractivity contribution in [2.24, 2.45) is 0 Å². The Hall–Kier alpha value is -2.42. The Morgan fingerprint density at radius 3 is 2.78 bits per heavy atom. The maximum atomic E-state index is 12.0. The van der Waals surface area contributed by atoms with Gasteiger partial charge < -0.3 is 4.90 Å². The second-order valence-electron chi connectivity index (χ2n) is 3.86. The molecule has 0 atom stereocenters. The van der Waals surface area contributed by atoms with Gasteiger partial charge in [0.05, 0.1) is 17.4 Å². The predicted molar refractivity (Wildman–Crippen MR) is 65.0 cm³/mol. The van der Waals surface area contributed by atoms with Gasteiger partial charge in [-0.05, 0) is 13.0 Å². The summed E-state index contributed by atoms with van der Waals surface area (Å²) in [5, 5.41) is 19.4. The van der Waals surface area contributed by atoms with Gasteiger partial charge in [0, 0.05) is 19.2 Å². The van der Waals surface area contributed by atoms with Crippen molar-refractivity contribution < 1.29 is 9.72 Å². The third-order valence-corrected chi connectivity index (χ3v) is 2.56. The summed E-state index contributed by atoms with van der Waals surface area (Å²) in [4.78, 5) is 23.8. The third kappa shape index (κ3) is 2.83. The van der Waals surface area contributed by atoms with Gasteiger partial charge in [-0.1, -0.05) is 12.1 Å². The second kappa shape index (κ2) is 5.77. The molecular weight excluding hydrogens is 234 g/mol. The molecule has 18 heavy (non-hydrogen) atoms. The molecule has 1 aromatic carbocycles. The molecule has 94 valence electrons. The molecule has 0 aromatic heterocycles. The van der Waals surface area contributed by atoms with Crippen LogP contribution in [0.15, 0.2) is 18.2 Å². The Morgan fingerprint density at radius 2 is 2.22 bits per heavy atom. The van der Waals surface area contributed by atoms with Crippen molar-refractivity contribution in [3.05, 3.63) is 39.4 Å². The molecule has 6 nitrogen and oxygen atoms in total. The number of benzene rings is 1. The molecule has 0 aliphatic heterocycles. The van der Waals surface area contributed by atoms with Crippen molar-refractivity contribution in [3.8, 4) is 6.07 Å². The summed E-state index contributed by atoms with van der Waals surface area (Å²) >= 11 is 0. The normalized spacial score (nSPS) is 9.61. The van der Waals surface area contributed by atoms with Crippen LogP contribution < -0.4 is 0 Å². The van der Waals surface area contributed by atoms with Crippen LogP contribution in [0.4, 0.5) is 5.69 Å². The first kappa shape index (κ1) is 13.6. The van der Waals surface area contributed by atoms with E-state index in [0.29, 0.717) is 5.56 Å². The van der Waals surface area contributed by atoms with Crippen LogP contribution in [-0.4, -0.2) is 29.3 Å². The minimum Gasteiger partial charge on any atom is -0.340 e. The minimum absolute atomic E-state index is 0.0560. The van der Waals surface area contributed by atoms with Gasteiger partial charge in [0.15, 0.2) is 0 Å². The molecule has 0 saturated heterocycles. The quantitative estimate of drug-likeness (QED) is 0.600. The Morgan fingerprint density at radius 1 is 1.56 bits per heavy atom. The number of amides is 1. The first-order valence-electron chi connectivity index (χ1n) is 5.35. The summed E-state index contributed by atoms with van der Waals surface area (Å²) in [6, 6.07) is 6.55. The smallest absolute Gasteiger partial charge is 0.285 e. The lowest BCUT2D eigenvalue weighted by Crippen LogP contribution is -2.28. The zero-order valence-electron chi connectivity index (χ0n) is 10.2. The molecule has 0 fully saturated rings. The standard InChI is InChI=1S/C12H13N3O3/c1-9-5-3-6-10(11(9)15(17)18)12(16)14(2)8-4-7-13/h3,5-6H,4,8H2,1-2H3. The molecule has 0 radical (unpaired) electrons. The Kier molecular flexibility index (Phi) is 4.38. The average Bonchev–Trinajstić information content (AvgIpc) is 2.34. The number of nitro groups is 1. The lowest BCUT2D eigenvalue weighted by Gasteiger charge is -2.15. The third-order valence-electron chi connectivity index (χ3n) is 2.56. The highest BCUT2D eigenvalue weighted by atomic mass is 16.6. The van der Waals surface area contributed by atoms with Gasteiger partial charge in [0.25, 0.3) is 11.6 Å². The number of nitrogens with zero attached hydrogens (tertiary/aromatic N) is 3. The predicted octanol–water partition coefficient (Wildman–Crippen LogP) is 1.89. The first-order valence-corrected chi connectivity index (χ1v) is 5.35. The number of rotatable bonds is 4. The van der Waals surface area contributed by atoms with Gasteiger partial charge in [-0.15, -0.1) is 0 Å². The lowest BCUT2D eigenvalue weighted by molar-refractivity contribution is -0.385. The van der Waals surface area contributed by atoms with Crippen LogP contribution in [0.25, 0.3) is 0 Å². The number of nitro benzene ring substituents is 1. The van der Waals surface area contributed by atoms with Crippen LogP contribution in [0.2, 0.25) is 0 Å². The fraction of sp³-hybridized carbons (Fsp3) is 0.333. The van der Waals surface area contributed by atoms with Crippen molar-refractivity contribution in [2.75, 3.05) is 13.6 Å². The largest absolute Gasteiger partial charge is 0.340 e. The minimum atomic E-state index is -0.555. The first-order chi connectivity index (χ1) is 8.49. The molecule has 0 spiro atoms. The lowest BCUT2D eigenvalue weighted by atomic mass is 10.1. The van der Waals surface area contributed by atoms with E-state index in [-0.39, 0.29) is 24.2 Å². The number of para-hydroxylation sites is 1. The van der Waals surface area contributed by atoms with Crippen molar-refractivity contribution in [1.82, 2.24) is 4.90 Å². The van der Waals surface area contributed by atoms with Crippen molar-refractivity contribution in [2.45, 2.75) is 13.3 Å². The van der Waals surface area contributed by atoms with Gasteiger partial charge in [-0.3, -0.25) is 14.9 Å². The number of nitriles is 1. The Bertz CT molecular complexity index is 520. The van der Waals surface area contributed by atoms with Crippen LogP contribution in [-0.2, 0) is 0 Å². The maximum Gasteiger partial charge on any atom is 0.285 e. The van der Waals surface area contributed by atoms with E-state index in [9.17, 15) is 14.9 Å². The summed E-state index contributed by atoms with van der Waals surface area (Å²) in [7, 11) is 1.52. The maximum absolute atomic E-state index is 12.0. The molecule has 0 aliphatic rings. The van der Waals surface area contributed by atoms with Crippen LogP contribution in [0, 0.1) is 28.4 Å². The summed E-state index contributed by atoms with van der Waals surface area (Å²) in [5.41, 5.74) is 0.325. The molecule has 1 rings (SSSR count). The fourth-order valence-corrected chi connectivity index (χ4v) is 1.60. The van der Waals surface area contributed by atoms with Gasteiger partial charge >= 0.3 is 0 Å². The van der Waals surface area contributed by atoms with Crippen LogP contribution in [0.1, 0.15) is 22.3 Å². The number of hydrogen-bond donors (Lipinski definition) is 0. The van der Waals surface area contributed by atoms with Gasteiger partial charge in [0.2, 0.25) is 0 Å². The van der Waals surface area contributed by atoms with E-state index in [4.69, 9.17) is 5.26 Å². The zero-order valence-corrected chi connectivity index (χ0v) is 10.2. The number of carbonyl (C=O) groups excluding carboxylic acids is 1. The van der Waals surface area contributed by atoms with Crippen molar-refractivity contribution >= 4 is 11.6 Å². The Balaban J connectivity index is 3.10. The Labute approximate surface area is 105 Å². The highest BCUT2D eigenvalue weighted by Gasteiger charge is 2.24. The SMILES string of the molecule is Cc1cccc(C(=O)N(C)CCC#N)c1[N+](=O)[O-]. The van der Waals surface area contributed by atoms with E-state index in [1.165, 1.54) is 18.0 Å². The summed E-state index contributed by atoms with van der Waals surface area (Å²) < 4.78 is 0. The monoisotopic (exact) mass is 247 g/mol. The van der Waals surface area contributed by atoms with Gasteiger partial charge in [-0.2, -0.15) is 5.26 Å². The van der Waals surface area contributed by atoms with Gasteiger partial charge in [-0.25, -0.2) is 0 Å². The van der Waals surface area contributed by atoms with E-state index < -0.39 is 10.8 Å². The molecular formula is C12H13N3O3. The van der Waals surface area contributed by atoms with E-state index in [1.807, 2.05) is 6.07 Å². The molecule has 1 amide bonds. The zero-order chi connectivity index (χ0) is 13.7. The summed E-state index contributed by atoms with van der Waals surface area (Å²) in [6.45, 7) is 1.84. The van der Waals surface area contributed by atoms with Crippen LogP contribution >= 0.6 is 0 Å². The van der Waals surface area contributed by atoms with E-state index in [1.54, 1.807) is 19.1 Å². The molecule has 0 bridgehead atoms. The van der Waals surface area contributed by atoms with E-state index in [2.05, 4.69) is 0 Å². The molecule has 1 aromatic rings. The molecule has 0 N–H and O–H groups in total. The number of carbonyl (C=O) groups is 1. The highest BCUT2D eigenvalue weighted by molar-refractivity contribution is 5.98. The van der Waals surface area contributed by atoms with Crippen molar-refractivity contribution in [3.63, 3.8) is 0 Å². The van der Waals surface area contributed by atoms with Crippen molar-refractivity contribution in [1.29, 1.82) is 5.26 Å². The molecule has 0 heterocycles. The molecule has 6 heteroatoms.